The number of hydrogen-bond donors (Lipinski definition) is 1. The van der Waals surface area contributed by atoms with Crippen molar-refractivity contribution in [2.75, 3.05) is 7.05 Å². The minimum atomic E-state index is 0.273. The summed E-state index contributed by atoms with van der Waals surface area (Å²) in [5.41, 5.74) is 0.273. The molecular formula is C13H26N2. The Hall–Kier alpha value is -0.0800. The van der Waals surface area contributed by atoms with Crippen molar-refractivity contribution in [1.82, 2.24) is 10.2 Å². The second kappa shape index (κ2) is 4.06. The van der Waals surface area contributed by atoms with Gasteiger partial charge in [-0.05, 0) is 53.5 Å². The molecular weight excluding hydrogens is 184 g/mol. The lowest BCUT2D eigenvalue weighted by Gasteiger charge is -2.48. The highest BCUT2D eigenvalue weighted by Crippen LogP contribution is 2.33. The third kappa shape index (κ3) is 2.73. The summed E-state index contributed by atoms with van der Waals surface area (Å²) in [5.74, 6) is 0. The molecule has 2 aliphatic heterocycles. The van der Waals surface area contributed by atoms with Gasteiger partial charge in [0.05, 0.1) is 0 Å². The highest BCUT2D eigenvalue weighted by atomic mass is 15.2. The van der Waals surface area contributed by atoms with Crippen molar-refractivity contribution in [2.24, 2.45) is 0 Å². The Balaban J connectivity index is 1.95. The standard InChI is InChI=1S/C13H26N2/c1-13(2,3)14-10-8-11-6-5-7-12(9-10)15(11)4/h10-12,14H,5-9H2,1-4H3/t10-,11-,12?/m0/s1. The summed E-state index contributed by atoms with van der Waals surface area (Å²) in [5, 5.41) is 3.78. The molecule has 0 aliphatic carbocycles. The topological polar surface area (TPSA) is 15.3 Å². The molecule has 1 unspecified atom stereocenters. The minimum absolute atomic E-state index is 0.273. The maximum absolute atomic E-state index is 3.78. The van der Waals surface area contributed by atoms with Crippen LogP contribution in [0.15, 0.2) is 0 Å². The monoisotopic (exact) mass is 210 g/mol. The molecule has 2 bridgehead atoms. The zero-order chi connectivity index (χ0) is 11.1. The molecule has 2 aliphatic rings. The van der Waals surface area contributed by atoms with Gasteiger partial charge in [-0.1, -0.05) is 6.42 Å². The van der Waals surface area contributed by atoms with Crippen LogP contribution in [-0.2, 0) is 0 Å². The second-order valence-electron chi connectivity index (χ2n) is 6.47. The molecule has 0 saturated carbocycles. The first kappa shape index (κ1) is 11.4. The van der Waals surface area contributed by atoms with Gasteiger partial charge in [0.2, 0.25) is 0 Å². The molecule has 88 valence electrons. The molecule has 15 heavy (non-hydrogen) atoms. The van der Waals surface area contributed by atoms with Crippen LogP contribution in [0.2, 0.25) is 0 Å². The summed E-state index contributed by atoms with van der Waals surface area (Å²) in [6, 6.07) is 2.44. The Kier molecular flexibility index (Phi) is 3.09. The van der Waals surface area contributed by atoms with E-state index in [1.165, 1.54) is 32.1 Å². The first-order valence-electron chi connectivity index (χ1n) is 6.45. The smallest absolute Gasteiger partial charge is 0.0110 e. The molecule has 3 atom stereocenters. The third-order valence-electron chi connectivity index (χ3n) is 3.98. The van der Waals surface area contributed by atoms with Gasteiger partial charge in [-0.25, -0.2) is 0 Å². The molecule has 2 fully saturated rings. The molecule has 2 heteroatoms. The predicted octanol–water partition coefficient (Wildman–Crippen LogP) is 2.39. The van der Waals surface area contributed by atoms with Gasteiger partial charge in [0, 0.05) is 23.7 Å². The van der Waals surface area contributed by atoms with Crippen LogP contribution in [0.1, 0.15) is 52.9 Å². The van der Waals surface area contributed by atoms with E-state index < -0.39 is 0 Å². The van der Waals surface area contributed by atoms with Gasteiger partial charge in [-0.3, -0.25) is 0 Å². The predicted molar refractivity (Wildman–Crippen MR) is 65.1 cm³/mol. The molecule has 2 rings (SSSR count). The lowest BCUT2D eigenvalue weighted by Crippen LogP contribution is -2.57. The molecule has 2 heterocycles. The van der Waals surface area contributed by atoms with E-state index in [-0.39, 0.29) is 5.54 Å². The van der Waals surface area contributed by atoms with E-state index in [1.54, 1.807) is 0 Å². The van der Waals surface area contributed by atoms with Crippen LogP contribution in [0.5, 0.6) is 0 Å². The van der Waals surface area contributed by atoms with Crippen LogP contribution < -0.4 is 5.32 Å². The van der Waals surface area contributed by atoms with Gasteiger partial charge < -0.3 is 10.2 Å². The lowest BCUT2D eigenvalue weighted by atomic mass is 9.81. The highest BCUT2D eigenvalue weighted by molar-refractivity contribution is 4.95. The summed E-state index contributed by atoms with van der Waals surface area (Å²) >= 11 is 0. The number of hydrogen-bond acceptors (Lipinski definition) is 2. The Morgan fingerprint density at radius 2 is 1.60 bits per heavy atom. The summed E-state index contributed by atoms with van der Waals surface area (Å²) in [4.78, 5) is 2.63. The van der Waals surface area contributed by atoms with Crippen molar-refractivity contribution < 1.29 is 0 Å². The van der Waals surface area contributed by atoms with E-state index in [9.17, 15) is 0 Å². The Morgan fingerprint density at radius 3 is 2.07 bits per heavy atom. The van der Waals surface area contributed by atoms with Crippen molar-refractivity contribution in [3.05, 3.63) is 0 Å². The Bertz CT molecular complexity index is 205. The summed E-state index contributed by atoms with van der Waals surface area (Å²) in [7, 11) is 2.32. The number of nitrogens with one attached hydrogen (secondary N) is 1. The van der Waals surface area contributed by atoms with Crippen molar-refractivity contribution in [1.29, 1.82) is 0 Å². The molecule has 2 nitrogen and oxygen atoms in total. The van der Waals surface area contributed by atoms with E-state index in [2.05, 4.69) is 38.0 Å². The fraction of sp³-hybridized carbons (Fsp3) is 1.00. The van der Waals surface area contributed by atoms with Crippen molar-refractivity contribution in [3.8, 4) is 0 Å². The van der Waals surface area contributed by atoms with Gasteiger partial charge in [0.25, 0.3) is 0 Å². The Morgan fingerprint density at radius 1 is 1.07 bits per heavy atom. The van der Waals surface area contributed by atoms with Gasteiger partial charge in [0.1, 0.15) is 0 Å². The molecule has 0 aromatic rings. The van der Waals surface area contributed by atoms with Crippen molar-refractivity contribution in [3.63, 3.8) is 0 Å². The maximum atomic E-state index is 3.78. The SMILES string of the molecule is CN1C2CCC[C@H]1C[C@H](NC(C)(C)C)C2. The first-order valence-corrected chi connectivity index (χ1v) is 6.45. The van der Waals surface area contributed by atoms with Crippen LogP contribution in [0, 0.1) is 0 Å². The quantitative estimate of drug-likeness (QED) is 0.715. The van der Waals surface area contributed by atoms with Gasteiger partial charge in [-0.15, -0.1) is 0 Å². The largest absolute Gasteiger partial charge is 0.309 e. The van der Waals surface area contributed by atoms with Crippen LogP contribution >= 0.6 is 0 Å². The third-order valence-corrected chi connectivity index (χ3v) is 3.98. The van der Waals surface area contributed by atoms with Crippen LogP contribution in [0.4, 0.5) is 0 Å². The summed E-state index contributed by atoms with van der Waals surface area (Å²) in [6.45, 7) is 6.84. The number of piperidine rings is 2. The van der Waals surface area contributed by atoms with E-state index in [0.29, 0.717) is 0 Å². The van der Waals surface area contributed by atoms with Crippen LogP contribution in [0.3, 0.4) is 0 Å². The fourth-order valence-corrected chi connectivity index (χ4v) is 3.35. The molecule has 1 N–H and O–H groups in total. The zero-order valence-corrected chi connectivity index (χ0v) is 10.7. The average molecular weight is 210 g/mol. The molecule has 0 amide bonds. The van der Waals surface area contributed by atoms with E-state index in [0.717, 1.165) is 18.1 Å². The summed E-state index contributed by atoms with van der Waals surface area (Å²) < 4.78 is 0. The highest BCUT2D eigenvalue weighted by Gasteiger charge is 2.36. The molecule has 0 radical (unpaired) electrons. The second-order valence-corrected chi connectivity index (χ2v) is 6.47. The van der Waals surface area contributed by atoms with E-state index in [1.807, 2.05) is 0 Å². The minimum Gasteiger partial charge on any atom is -0.309 e. The molecule has 0 aromatic heterocycles. The number of fused-ring (bicyclic) bond motifs is 2. The van der Waals surface area contributed by atoms with Crippen LogP contribution in [-0.4, -0.2) is 35.6 Å². The molecule has 2 saturated heterocycles. The van der Waals surface area contributed by atoms with Gasteiger partial charge in [0.15, 0.2) is 0 Å². The summed E-state index contributed by atoms with van der Waals surface area (Å²) in [6.07, 6.45) is 6.97. The fourth-order valence-electron chi connectivity index (χ4n) is 3.35. The van der Waals surface area contributed by atoms with Gasteiger partial charge in [-0.2, -0.15) is 0 Å². The van der Waals surface area contributed by atoms with E-state index >= 15 is 0 Å². The van der Waals surface area contributed by atoms with E-state index in [4.69, 9.17) is 0 Å². The zero-order valence-electron chi connectivity index (χ0n) is 10.7. The van der Waals surface area contributed by atoms with Crippen LogP contribution in [0.25, 0.3) is 0 Å². The average Bonchev–Trinajstić information content (AvgIpc) is 2.04. The molecule has 0 spiro atoms. The number of nitrogens with zero attached hydrogens (tertiary/aromatic N) is 1. The Labute approximate surface area is 94.4 Å². The number of rotatable bonds is 1. The van der Waals surface area contributed by atoms with Crippen molar-refractivity contribution in [2.45, 2.75) is 76.5 Å². The normalized spacial score (nSPS) is 38.0. The van der Waals surface area contributed by atoms with Crippen molar-refractivity contribution >= 4 is 0 Å². The lowest BCUT2D eigenvalue weighted by molar-refractivity contribution is 0.0427. The maximum Gasteiger partial charge on any atom is 0.0110 e. The first-order chi connectivity index (χ1) is 6.96. The molecule has 0 aromatic carbocycles. The van der Waals surface area contributed by atoms with Gasteiger partial charge >= 0.3 is 0 Å².